The number of aromatic nitrogens is 4. The maximum Gasteiger partial charge on any atom is 0.164 e. The van der Waals surface area contributed by atoms with Gasteiger partial charge in [0.25, 0.3) is 0 Å². The Hall–Kier alpha value is -8.87. The highest BCUT2D eigenvalue weighted by Crippen LogP contribution is 2.45. The van der Waals surface area contributed by atoms with E-state index in [4.69, 9.17) is 23.8 Å². The van der Waals surface area contributed by atoms with E-state index in [9.17, 15) is 0 Å². The molecule has 302 valence electrons. The fourth-order valence-electron chi connectivity index (χ4n) is 10.1. The molecule has 0 atom stereocenters. The molecule has 0 saturated carbocycles. The highest BCUT2D eigenvalue weighted by Gasteiger charge is 2.23. The van der Waals surface area contributed by atoms with Crippen LogP contribution in [0.15, 0.2) is 215 Å². The molecule has 65 heavy (non-hydrogen) atoms. The molecule has 6 heteroatoms. The highest BCUT2D eigenvalue weighted by atomic mass is 16.3. The quantitative estimate of drug-likeness (QED) is 0.173. The summed E-state index contributed by atoms with van der Waals surface area (Å²) in [5.74, 6) is 1.72. The van der Waals surface area contributed by atoms with E-state index >= 15 is 0 Å². The van der Waals surface area contributed by atoms with Gasteiger partial charge in [-0.2, -0.15) is 0 Å². The first-order valence-corrected chi connectivity index (χ1v) is 21.8. The predicted octanol–water partition coefficient (Wildman–Crippen LogP) is 15.7. The molecule has 0 fully saturated rings. The average molecular weight is 831 g/mol. The molecule has 0 radical (unpaired) electrons. The van der Waals surface area contributed by atoms with Crippen molar-refractivity contribution in [2.24, 2.45) is 0 Å². The first-order valence-electron chi connectivity index (χ1n) is 21.8. The van der Waals surface area contributed by atoms with Crippen molar-refractivity contribution in [1.82, 2.24) is 19.5 Å². The Balaban J connectivity index is 1.09. The van der Waals surface area contributed by atoms with Gasteiger partial charge in [0.2, 0.25) is 0 Å². The van der Waals surface area contributed by atoms with Crippen molar-refractivity contribution < 1.29 is 8.83 Å². The van der Waals surface area contributed by atoms with E-state index in [0.717, 1.165) is 99.2 Å². The summed E-state index contributed by atoms with van der Waals surface area (Å²) in [7, 11) is 0. The Kier molecular flexibility index (Phi) is 7.59. The molecule has 0 saturated heterocycles. The van der Waals surface area contributed by atoms with Gasteiger partial charge in [0.15, 0.2) is 17.5 Å². The lowest BCUT2D eigenvalue weighted by Crippen LogP contribution is -2.02. The second kappa shape index (κ2) is 13.8. The molecule has 0 aliphatic carbocycles. The molecule has 4 aromatic heterocycles. The summed E-state index contributed by atoms with van der Waals surface area (Å²) in [6, 6.07) is 72.2. The van der Waals surface area contributed by atoms with Crippen LogP contribution in [0.3, 0.4) is 0 Å². The normalized spacial score (nSPS) is 12.0. The van der Waals surface area contributed by atoms with Gasteiger partial charge in [-0.25, -0.2) is 15.0 Å². The molecule has 0 N–H and O–H groups in total. The number of benzene rings is 10. The standard InChI is InChI=1S/C59H34N4O2/c1-2-15-36(16-3-1)57-60-58(62-59(61-57)44-23-13-26-51-54(44)43-21-9-11-25-50(43)64-51)39-28-30-48(63-47-24-10-8-20-41(47)45-32-37-17-4-5-18-38(37)34-49(45)63)46(33-39)42-22-12-27-52-56(42)55-40-19-7-6-14-35(40)29-31-53(55)65-52/h1-34H. The van der Waals surface area contributed by atoms with E-state index in [2.05, 4.69) is 150 Å². The summed E-state index contributed by atoms with van der Waals surface area (Å²) in [4.78, 5) is 15.8. The van der Waals surface area contributed by atoms with Crippen molar-refractivity contribution >= 4 is 87.2 Å². The van der Waals surface area contributed by atoms with Gasteiger partial charge in [-0.05, 0) is 87.8 Å². The number of furan rings is 2. The lowest BCUT2D eigenvalue weighted by atomic mass is 9.94. The molecule has 0 spiro atoms. The third kappa shape index (κ3) is 5.44. The summed E-state index contributed by atoms with van der Waals surface area (Å²) in [5.41, 5.74) is 11.3. The van der Waals surface area contributed by atoms with E-state index in [0.29, 0.717) is 17.5 Å². The maximum atomic E-state index is 6.70. The van der Waals surface area contributed by atoms with E-state index in [1.54, 1.807) is 0 Å². The third-order valence-electron chi connectivity index (χ3n) is 13.0. The smallest absolute Gasteiger partial charge is 0.164 e. The number of hydrogen-bond donors (Lipinski definition) is 0. The monoisotopic (exact) mass is 830 g/mol. The number of nitrogens with zero attached hydrogens (tertiary/aromatic N) is 4. The minimum absolute atomic E-state index is 0.564. The minimum atomic E-state index is 0.564. The molecule has 14 aromatic rings. The Bertz CT molecular complexity index is 4250. The SMILES string of the molecule is c1ccc(-c2nc(-c3ccc(-n4c5ccccc5c5cc6ccccc6cc54)c(-c4cccc5oc6ccc7ccccc7c6c45)c3)nc(-c3cccc4oc5ccccc5c34)n2)cc1. The van der Waals surface area contributed by atoms with E-state index < -0.39 is 0 Å². The van der Waals surface area contributed by atoms with Crippen LogP contribution in [0.25, 0.3) is 138 Å². The summed E-state index contributed by atoms with van der Waals surface area (Å²) in [6.45, 7) is 0. The Labute approximate surface area is 371 Å². The van der Waals surface area contributed by atoms with Crippen LogP contribution in [-0.2, 0) is 0 Å². The van der Waals surface area contributed by atoms with Crippen molar-refractivity contribution in [3.63, 3.8) is 0 Å². The van der Waals surface area contributed by atoms with Crippen molar-refractivity contribution in [3.8, 4) is 51.0 Å². The van der Waals surface area contributed by atoms with Crippen LogP contribution in [-0.4, -0.2) is 19.5 Å². The third-order valence-corrected chi connectivity index (χ3v) is 13.0. The van der Waals surface area contributed by atoms with Crippen LogP contribution in [0.1, 0.15) is 0 Å². The number of rotatable bonds is 5. The number of hydrogen-bond acceptors (Lipinski definition) is 5. The summed E-state index contributed by atoms with van der Waals surface area (Å²) < 4.78 is 15.5. The van der Waals surface area contributed by atoms with Crippen molar-refractivity contribution in [2.45, 2.75) is 0 Å². The second-order valence-electron chi connectivity index (χ2n) is 16.7. The first kappa shape index (κ1) is 35.7. The van der Waals surface area contributed by atoms with E-state index in [1.165, 1.54) is 21.5 Å². The molecular formula is C59H34N4O2. The summed E-state index contributed by atoms with van der Waals surface area (Å²) in [5, 5.41) is 11.2. The average Bonchev–Trinajstić information content (AvgIpc) is 4.05. The molecule has 14 rings (SSSR count). The molecule has 0 aliphatic rings. The molecule has 0 amide bonds. The number of fused-ring (bicyclic) bond motifs is 12. The van der Waals surface area contributed by atoms with Crippen LogP contribution >= 0.6 is 0 Å². The van der Waals surface area contributed by atoms with Crippen LogP contribution in [0.5, 0.6) is 0 Å². The topological polar surface area (TPSA) is 69.9 Å². The summed E-state index contributed by atoms with van der Waals surface area (Å²) >= 11 is 0. The number of para-hydroxylation sites is 2. The lowest BCUT2D eigenvalue weighted by Gasteiger charge is -2.17. The first-order chi connectivity index (χ1) is 32.2. The van der Waals surface area contributed by atoms with Crippen LogP contribution < -0.4 is 0 Å². The van der Waals surface area contributed by atoms with Crippen molar-refractivity contribution in [2.75, 3.05) is 0 Å². The van der Waals surface area contributed by atoms with Gasteiger partial charge in [-0.3, -0.25) is 0 Å². The Morgan fingerprint density at radius 1 is 0.308 bits per heavy atom. The molecule has 4 heterocycles. The van der Waals surface area contributed by atoms with Crippen molar-refractivity contribution in [3.05, 3.63) is 206 Å². The lowest BCUT2D eigenvalue weighted by molar-refractivity contribution is 0.668. The maximum absolute atomic E-state index is 6.70. The highest BCUT2D eigenvalue weighted by molar-refractivity contribution is 6.23. The second-order valence-corrected chi connectivity index (χ2v) is 16.7. The molecule has 10 aromatic carbocycles. The Morgan fingerprint density at radius 2 is 0.923 bits per heavy atom. The van der Waals surface area contributed by atoms with Gasteiger partial charge >= 0.3 is 0 Å². The van der Waals surface area contributed by atoms with Gasteiger partial charge in [-0.15, -0.1) is 0 Å². The fourth-order valence-corrected chi connectivity index (χ4v) is 10.1. The Morgan fingerprint density at radius 3 is 1.77 bits per heavy atom. The van der Waals surface area contributed by atoms with E-state index in [1.807, 2.05) is 60.7 Å². The van der Waals surface area contributed by atoms with Crippen molar-refractivity contribution in [1.29, 1.82) is 0 Å². The minimum Gasteiger partial charge on any atom is -0.456 e. The predicted molar refractivity (Wildman–Crippen MR) is 265 cm³/mol. The largest absolute Gasteiger partial charge is 0.456 e. The molecule has 6 nitrogen and oxygen atoms in total. The van der Waals surface area contributed by atoms with Crippen LogP contribution in [0.4, 0.5) is 0 Å². The van der Waals surface area contributed by atoms with E-state index in [-0.39, 0.29) is 0 Å². The molecule has 0 unspecified atom stereocenters. The fraction of sp³-hybridized carbons (Fsp3) is 0. The van der Waals surface area contributed by atoms with Gasteiger partial charge in [0.05, 0.1) is 16.7 Å². The molecular weight excluding hydrogens is 797 g/mol. The van der Waals surface area contributed by atoms with Crippen LogP contribution in [0, 0.1) is 0 Å². The zero-order valence-electron chi connectivity index (χ0n) is 34.7. The van der Waals surface area contributed by atoms with Gasteiger partial charge in [0, 0.05) is 54.6 Å². The van der Waals surface area contributed by atoms with Gasteiger partial charge in [-0.1, -0.05) is 146 Å². The van der Waals surface area contributed by atoms with Gasteiger partial charge < -0.3 is 13.4 Å². The molecule has 0 bridgehead atoms. The van der Waals surface area contributed by atoms with Gasteiger partial charge in [0.1, 0.15) is 22.3 Å². The zero-order chi connectivity index (χ0) is 42.6. The zero-order valence-corrected chi connectivity index (χ0v) is 34.7. The molecule has 0 aliphatic heterocycles. The summed E-state index contributed by atoms with van der Waals surface area (Å²) in [6.07, 6.45) is 0. The van der Waals surface area contributed by atoms with Crippen LogP contribution in [0.2, 0.25) is 0 Å².